The number of rotatable bonds is 4. The summed E-state index contributed by atoms with van der Waals surface area (Å²) in [6, 6.07) is 0. The van der Waals surface area contributed by atoms with Crippen LogP contribution in [-0.2, 0) is 11.3 Å². The van der Waals surface area contributed by atoms with Crippen LogP contribution in [0.3, 0.4) is 0 Å². The maximum absolute atomic E-state index is 11.0. The first kappa shape index (κ1) is 9.33. The topological polar surface area (TPSA) is 57.8 Å². The number of imidazole rings is 1. The number of H-pyrrole nitrogens is 1. The molecular weight excluding hydrogens is 166 g/mol. The van der Waals surface area contributed by atoms with Gasteiger partial charge in [-0.25, -0.2) is 4.98 Å². The fraction of sp³-hybridized carbons (Fsp3) is 0.333. The first-order chi connectivity index (χ1) is 6.33. The number of terminal acetylenes is 1. The molecule has 4 nitrogen and oxygen atoms in total. The molecule has 0 aromatic carbocycles. The smallest absolute Gasteiger partial charge is 0.221 e. The Hall–Kier alpha value is -1.76. The Morgan fingerprint density at radius 3 is 3.23 bits per heavy atom. The molecule has 1 rings (SSSR count). The van der Waals surface area contributed by atoms with E-state index < -0.39 is 0 Å². The highest BCUT2D eigenvalue weighted by atomic mass is 16.1. The van der Waals surface area contributed by atoms with Gasteiger partial charge < -0.3 is 10.3 Å². The molecule has 0 bridgehead atoms. The number of nitrogens with one attached hydrogen (secondary N) is 2. The van der Waals surface area contributed by atoms with Crippen molar-refractivity contribution in [3.8, 4) is 12.3 Å². The molecule has 1 amide bonds. The van der Waals surface area contributed by atoms with Crippen LogP contribution in [0, 0.1) is 12.3 Å². The van der Waals surface area contributed by atoms with E-state index in [9.17, 15) is 4.79 Å². The second kappa shape index (κ2) is 4.99. The van der Waals surface area contributed by atoms with Gasteiger partial charge in [0.2, 0.25) is 5.91 Å². The molecule has 4 heteroatoms. The number of aromatic amines is 1. The molecule has 1 aromatic rings. The lowest BCUT2D eigenvalue weighted by molar-refractivity contribution is -0.121. The zero-order chi connectivity index (χ0) is 9.52. The molecule has 0 radical (unpaired) electrons. The Balaban J connectivity index is 2.20. The van der Waals surface area contributed by atoms with Gasteiger partial charge in [0, 0.05) is 25.2 Å². The second-order valence-corrected chi connectivity index (χ2v) is 2.52. The molecule has 0 fully saturated rings. The minimum atomic E-state index is -0.0469. The summed E-state index contributed by atoms with van der Waals surface area (Å²) >= 11 is 0. The van der Waals surface area contributed by atoms with Gasteiger partial charge in [-0.15, -0.1) is 12.3 Å². The largest absolute Gasteiger partial charge is 0.349 e. The van der Waals surface area contributed by atoms with Gasteiger partial charge in [-0.3, -0.25) is 4.79 Å². The van der Waals surface area contributed by atoms with Gasteiger partial charge in [0.15, 0.2) is 0 Å². The summed E-state index contributed by atoms with van der Waals surface area (Å²) in [6.45, 7) is 0.427. The van der Waals surface area contributed by atoms with Crippen molar-refractivity contribution in [2.75, 3.05) is 0 Å². The molecule has 0 aliphatic heterocycles. The van der Waals surface area contributed by atoms with Crippen LogP contribution in [0.5, 0.6) is 0 Å². The second-order valence-electron chi connectivity index (χ2n) is 2.52. The Labute approximate surface area is 76.8 Å². The number of hydrogen-bond donors (Lipinski definition) is 2. The van der Waals surface area contributed by atoms with Gasteiger partial charge in [0.25, 0.3) is 0 Å². The van der Waals surface area contributed by atoms with E-state index in [0.29, 0.717) is 19.4 Å². The van der Waals surface area contributed by atoms with Crippen LogP contribution < -0.4 is 5.32 Å². The van der Waals surface area contributed by atoms with E-state index in [1.54, 1.807) is 12.4 Å². The first-order valence-electron chi connectivity index (χ1n) is 4.01. The quantitative estimate of drug-likeness (QED) is 0.655. The van der Waals surface area contributed by atoms with E-state index in [1.807, 2.05) is 0 Å². The third-order valence-corrected chi connectivity index (χ3v) is 1.50. The van der Waals surface area contributed by atoms with Crippen molar-refractivity contribution in [1.29, 1.82) is 0 Å². The highest BCUT2D eigenvalue weighted by Crippen LogP contribution is 1.89. The predicted molar refractivity (Wildman–Crippen MR) is 48.5 cm³/mol. The molecule has 68 valence electrons. The molecule has 2 N–H and O–H groups in total. The fourth-order valence-corrected chi connectivity index (χ4v) is 0.851. The molecule has 1 aromatic heterocycles. The minimum Gasteiger partial charge on any atom is -0.349 e. The van der Waals surface area contributed by atoms with E-state index >= 15 is 0 Å². The summed E-state index contributed by atoms with van der Waals surface area (Å²) in [5.41, 5.74) is 0. The molecule has 13 heavy (non-hydrogen) atoms. The molecule has 0 saturated carbocycles. The Morgan fingerprint density at radius 2 is 2.62 bits per heavy atom. The lowest BCUT2D eigenvalue weighted by atomic mass is 10.3. The fourth-order valence-electron chi connectivity index (χ4n) is 0.851. The highest BCUT2D eigenvalue weighted by Gasteiger charge is 2.00. The number of nitrogens with zero attached hydrogens (tertiary/aromatic N) is 1. The van der Waals surface area contributed by atoms with Gasteiger partial charge in [-0.05, 0) is 0 Å². The SMILES string of the molecule is C#CCCC(=O)NCc1ncc[nH]1. The van der Waals surface area contributed by atoms with Crippen LogP contribution in [0.4, 0.5) is 0 Å². The van der Waals surface area contributed by atoms with Gasteiger partial charge in [0.1, 0.15) is 5.82 Å². The van der Waals surface area contributed by atoms with Crippen LogP contribution in [0.1, 0.15) is 18.7 Å². The van der Waals surface area contributed by atoms with Crippen molar-refractivity contribution in [1.82, 2.24) is 15.3 Å². The highest BCUT2D eigenvalue weighted by molar-refractivity contribution is 5.75. The van der Waals surface area contributed by atoms with E-state index in [1.165, 1.54) is 0 Å². The normalized spacial score (nSPS) is 9.15. The maximum atomic E-state index is 11.0. The minimum absolute atomic E-state index is 0.0469. The summed E-state index contributed by atoms with van der Waals surface area (Å²) in [5.74, 6) is 3.11. The van der Waals surface area contributed by atoms with E-state index in [4.69, 9.17) is 6.42 Å². The third kappa shape index (κ3) is 3.43. The summed E-state index contributed by atoms with van der Waals surface area (Å²) in [5, 5.41) is 2.69. The summed E-state index contributed by atoms with van der Waals surface area (Å²) in [7, 11) is 0. The van der Waals surface area contributed by atoms with E-state index in [-0.39, 0.29) is 5.91 Å². The third-order valence-electron chi connectivity index (χ3n) is 1.50. The zero-order valence-electron chi connectivity index (χ0n) is 7.21. The Morgan fingerprint density at radius 1 is 1.77 bits per heavy atom. The van der Waals surface area contributed by atoms with Crippen molar-refractivity contribution < 1.29 is 4.79 Å². The summed E-state index contributed by atoms with van der Waals surface area (Å²) < 4.78 is 0. The molecule has 0 aliphatic carbocycles. The van der Waals surface area contributed by atoms with Crippen LogP contribution >= 0.6 is 0 Å². The Bertz CT molecular complexity index is 297. The van der Waals surface area contributed by atoms with Crippen LogP contribution in [0.15, 0.2) is 12.4 Å². The number of hydrogen-bond acceptors (Lipinski definition) is 2. The van der Waals surface area contributed by atoms with Gasteiger partial charge >= 0.3 is 0 Å². The lowest BCUT2D eigenvalue weighted by Gasteiger charge is -2.00. The summed E-state index contributed by atoms with van der Waals surface area (Å²) in [6.07, 6.45) is 9.22. The van der Waals surface area contributed by atoms with Crippen LogP contribution in [0.2, 0.25) is 0 Å². The molecule has 0 aliphatic rings. The molecule has 0 unspecified atom stereocenters. The predicted octanol–water partition coefficient (Wildman–Crippen LogP) is 0.439. The number of amides is 1. The molecule has 0 saturated heterocycles. The molecule has 0 spiro atoms. The summed E-state index contributed by atoms with van der Waals surface area (Å²) in [4.78, 5) is 17.9. The lowest BCUT2D eigenvalue weighted by Crippen LogP contribution is -2.22. The van der Waals surface area contributed by atoms with E-state index in [2.05, 4.69) is 21.2 Å². The Kier molecular flexibility index (Phi) is 3.58. The monoisotopic (exact) mass is 177 g/mol. The average molecular weight is 177 g/mol. The van der Waals surface area contributed by atoms with Crippen molar-refractivity contribution in [3.05, 3.63) is 18.2 Å². The number of carbonyl (C=O) groups is 1. The first-order valence-corrected chi connectivity index (χ1v) is 4.01. The van der Waals surface area contributed by atoms with Gasteiger partial charge in [-0.2, -0.15) is 0 Å². The number of aromatic nitrogens is 2. The van der Waals surface area contributed by atoms with Crippen molar-refractivity contribution in [2.45, 2.75) is 19.4 Å². The van der Waals surface area contributed by atoms with Crippen LogP contribution in [0.25, 0.3) is 0 Å². The van der Waals surface area contributed by atoms with Gasteiger partial charge in [-0.1, -0.05) is 0 Å². The van der Waals surface area contributed by atoms with Crippen LogP contribution in [-0.4, -0.2) is 15.9 Å². The van der Waals surface area contributed by atoms with E-state index in [0.717, 1.165) is 5.82 Å². The van der Waals surface area contributed by atoms with Crippen molar-refractivity contribution in [3.63, 3.8) is 0 Å². The maximum Gasteiger partial charge on any atom is 0.221 e. The molecular formula is C9H11N3O. The van der Waals surface area contributed by atoms with Gasteiger partial charge in [0.05, 0.1) is 6.54 Å². The number of carbonyl (C=O) groups excluding carboxylic acids is 1. The average Bonchev–Trinajstić information content (AvgIpc) is 2.64. The standard InChI is InChI=1S/C9H11N3O/c1-2-3-4-9(13)12-7-8-10-5-6-11-8/h1,5-6H,3-4,7H2,(H,10,11)(H,12,13). The van der Waals surface area contributed by atoms with Crippen molar-refractivity contribution in [2.24, 2.45) is 0 Å². The molecule has 1 heterocycles. The van der Waals surface area contributed by atoms with Crippen molar-refractivity contribution >= 4 is 5.91 Å². The molecule has 0 atom stereocenters. The zero-order valence-corrected chi connectivity index (χ0v) is 7.21.